The van der Waals surface area contributed by atoms with Crippen LogP contribution in [-0.2, 0) is 11.8 Å². The Kier molecular flexibility index (Phi) is 5.58. The zero-order chi connectivity index (χ0) is 18.8. The van der Waals surface area contributed by atoms with Gasteiger partial charge in [0.15, 0.2) is 5.16 Å². The second-order valence-electron chi connectivity index (χ2n) is 6.40. The molecular weight excluding hydrogens is 385 g/mol. The summed E-state index contributed by atoms with van der Waals surface area (Å²) in [4.78, 5) is 20.8. The maximum Gasteiger partial charge on any atom is 0.263 e. The Bertz CT molecular complexity index is 995. The van der Waals surface area contributed by atoms with E-state index in [0.29, 0.717) is 5.39 Å². The average Bonchev–Trinajstić information content (AvgIpc) is 3.11. The lowest BCUT2D eigenvalue weighted by molar-refractivity contribution is 0.0410. The molecule has 0 bridgehead atoms. The van der Waals surface area contributed by atoms with Crippen LogP contribution in [0.3, 0.4) is 0 Å². The van der Waals surface area contributed by atoms with E-state index in [4.69, 9.17) is 9.72 Å². The molecule has 0 atom stereocenters. The molecule has 8 heteroatoms. The van der Waals surface area contributed by atoms with Crippen molar-refractivity contribution in [2.75, 3.05) is 38.6 Å². The Morgan fingerprint density at radius 2 is 2.00 bits per heavy atom. The zero-order valence-corrected chi connectivity index (χ0v) is 16.6. The Balaban J connectivity index is 1.58. The van der Waals surface area contributed by atoms with Crippen molar-refractivity contribution in [1.29, 1.82) is 0 Å². The summed E-state index contributed by atoms with van der Waals surface area (Å²) >= 11 is 3.06. The van der Waals surface area contributed by atoms with E-state index in [1.807, 2.05) is 5.38 Å². The molecule has 3 heterocycles. The molecule has 1 aliphatic rings. The molecule has 2 aromatic heterocycles. The van der Waals surface area contributed by atoms with Crippen molar-refractivity contribution in [3.8, 4) is 11.1 Å². The molecule has 5 nitrogen and oxygen atoms in total. The summed E-state index contributed by atoms with van der Waals surface area (Å²) in [6.07, 6.45) is 0. The molecule has 1 aromatic carbocycles. The summed E-state index contributed by atoms with van der Waals surface area (Å²) in [5.74, 6) is 0.588. The lowest BCUT2D eigenvalue weighted by atomic mass is 10.1. The first-order valence-electron chi connectivity index (χ1n) is 8.80. The number of benzene rings is 1. The Morgan fingerprint density at radius 1 is 1.26 bits per heavy atom. The number of halogens is 1. The molecular formula is C19H20FN3O2S2. The van der Waals surface area contributed by atoms with Crippen molar-refractivity contribution >= 4 is 33.3 Å². The fourth-order valence-electron chi connectivity index (χ4n) is 3.11. The molecule has 0 N–H and O–H groups in total. The van der Waals surface area contributed by atoms with Crippen LogP contribution in [0.1, 0.15) is 0 Å². The summed E-state index contributed by atoms with van der Waals surface area (Å²) in [6, 6.07) is 6.21. The van der Waals surface area contributed by atoms with Crippen molar-refractivity contribution in [2.45, 2.75) is 5.16 Å². The van der Waals surface area contributed by atoms with E-state index >= 15 is 0 Å². The molecule has 0 radical (unpaired) electrons. The monoisotopic (exact) mass is 405 g/mol. The summed E-state index contributed by atoms with van der Waals surface area (Å²) < 4.78 is 20.2. The van der Waals surface area contributed by atoms with E-state index < -0.39 is 0 Å². The smallest absolute Gasteiger partial charge is 0.263 e. The van der Waals surface area contributed by atoms with Crippen LogP contribution in [0.25, 0.3) is 21.3 Å². The van der Waals surface area contributed by atoms with Crippen LogP contribution in [0.4, 0.5) is 4.39 Å². The van der Waals surface area contributed by atoms with E-state index in [2.05, 4.69) is 4.90 Å². The molecule has 1 aliphatic heterocycles. The summed E-state index contributed by atoms with van der Waals surface area (Å²) in [6.45, 7) is 4.44. The number of rotatable bonds is 5. The van der Waals surface area contributed by atoms with Gasteiger partial charge in [0.25, 0.3) is 5.56 Å². The SMILES string of the molecule is Cn1c(SCCN2CCOCC2)nc2scc(-c3ccc(F)cc3)c2c1=O. The third kappa shape index (κ3) is 3.94. The van der Waals surface area contributed by atoms with Gasteiger partial charge in [-0.25, -0.2) is 9.37 Å². The lowest BCUT2D eigenvalue weighted by Crippen LogP contribution is -2.37. The predicted molar refractivity (Wildman–Crippen MR) is 108 cm³/mol. The lowest BCUT2D eigenvalue weighted by Gasteiger charge is -2.26. The minimum absolute atomic E-state index is 0.0607. The Hall–Kier alpha value is -1.74. The van der Waals surface area contributed by atoms with Gasteiger partial charge in [0, 0.05) is 43.4 Å². The van der Waals surface area contributed by atoms with Gasteiger partial charge in [-0.15, -0.1) is 11.3 Å². The number of morpholine rings is 1. The van der Waals surface area contributed by atoms with E-state index in [0.717, 1.165) is 59.7 Å². The molecule has 0 spiro atoms. The predicted octanol–water partition coefficient (Wildman–Crippen LogP) is 3.23. The molecule has 1 saturated heterocycles. The maximum absolute atomic E-state index is 13.2. The van der Waals surface area contributed by atoms with E-state index in [-0.39, 0.29) is 11.4 Å². The molecule has 27 heavy (non-hydrogen) atoms. The molecule has 4 rings (SSSR count). The fraction of sp³-hybridized carbons (Fsp3) is 0.368. The van der Waals surface area contributed by atoms with Gasteiger partial charge in [0.1, 0.15) is 10.6 Å². The van der Waals surface area contributed by atoms with Crippen LogP contribution >= 0.6 is 23.1 Å². The molecule has 1 fully saturated rings. The highest BCUT2D eigenvalue weighted by molar-refractivity contribution is 7.99. The fourth-order valence-corrected chi connectivity index (χ4v) is 5.07. The summed E-state index contributed by atoms with van der Waals surface area (Å²) in [5, 5.41) is 3.26. The Labute approximate surface area is 164 Å². The largest absolute Gasteiger partial charge is 0.379 e. The van der Waals surface area contributed by atoms with E-state index in [1.165, 1.54) is 23.5 Å². The van der Waals surface area contributed by atoms with Crippen molar-refractivity contribution in [2.24, 2.45) is 7.05 Å². The van der Waals surface area contributed by atoms with Gasteiger partial charge in [0.05, 0.1) is 18.6 Å². The van der Waals surface area contributed by atoms with Gasteiger partial charge < -0.3 is 4.74 Å². The van der Waals surface area contributed by atoms with Gasteiger partial charge in [0.2, 0.25) is 0 Å². The Morgan fingerprint density at radius 3 is 2.74 bits per heavy atom. The maximum atomic E-state index is 13.2. The van der Waals surface area contributed by atoms with Gasteiger partial charge in [-0.3, -0.25) is 14.3 Å². The van der Waals surface area contributed by atoms with Crippen molar-refractivity contribution in [1.82, 2.24) is 14.5 Å². The first kappa shape index (κ1) is 18.6. The number of ether oxygens (including phenoxy) is 1. The number of hydrogen-bond donors (Lipinski definition) is 0. The van der Waals surface area contributed by atoms with Crippen LogP contribution in [0.5, 0.6) is 0 Å². The number of fused-ring (bicyclic) bond motifs is 1. The van der Waals surface area contributed by atoms with Crippen molar-refractivity contribution in [3.05, 3.63) is 45.8 Å². The van der Waals surface area contributed by atoms with Crippen molar-refractivity contribution < 1.29 is 9.13 Å². The third-order valence-corrected chi connectivity index (χ3v) is 6.55. The number of thioether (sulfide) groups is 1. The van der Waals surface area contributed by atoms with Crippen LogP contribution in [0, 0.1) is 5.82 Å². The zero-order valence-electron chi connectivity index (χ0n) is 15.0. The highest BCUT2D eigenvalue weighted by atomic mass is 32.2. The van der Waals surface area contributed by atoms with E-state index in [1.54, 1.807) is 35.5 Å². The quantitative estimate of drug-likeness (QED) is 0.482. The molecule has 0 aliphatic carbocycles. The normalized spacial score (nSPS) is 15.5. The highest BCUT2D eigenvalue weighted by Crippen LogP contribution is 2.32. The number of nitrogens with zero attached hydrogens (tertiary/aromatic N) is 3. The van der Waals surface area contributed by atoms with Crippen LogP contribution in [0.2, 0.25) is 0 Å². The van der Waals surface area contributed by atoms with Gasteiger partial charge in [-0.05, 0) is 17.7 Å². The minimum Gasteiger partial charge on any atom is -0.379 e. The van der Waals surface area contributed by atoms with Gasteiger partial charge >= 0.3 is 0 Å². The number of hydrogen-bond acceptors (Lipinski definition) is 6. The molecule has 0 saturated carbocycles. The third-order valence-electron chi connectivity index (χ3n) is 4.67. The topological polar surface area (TPSA) is 47.4 Å². The van der Waals surface area contributed by atoms with Crippen LogP contribution in [-0.4, -0.2) is 53.1 Å². The van der Waals surface area contributed by atoms with Crippen molar-refractivity contribution in [3.63, 3.8) is 0 Å². The highest BCUT2D eigenvalue weighted by Gasteiger charge is 2.16. The number of aromatic nitrogens is 2. The summed E-state index contributed by atoms with van der Waals surface area (Å²) in [5.41, 5.74) is 1.58. The second kappa shape index (κ2) is 8.10. The second-order valence-corrected chi connectivity index (χ2v) is 8.32. The molecule has 142 valence electrons. The average molecular weight is 406 g/mol. The van der Waals surface area contributed by atoms with E-state index in [9.17, 15) is 9.18 Å². The van der Waals surface area contributed by atoms with Gasteiger partial charge in [-0.1, -0.05) is 23.9 Å². The number of thiophene rings is 1. The molecule has 0 amide bonds. The van der Waals surface area contributed by atoms with Crippen LogP contribution < -0.4 is 5.56 Å². The van der Waals surface area contributed by atoms with Crippen LogP contribution in [0.15, 0.2) is 39.6 Å². The first-order chi connectivity index (χ1) is 13.1. The standard InChI is InChI=1S/C19H20FN3O2S2/c1-22-18(24)16-15(13-2-4-14(20)5-3-13)12-27-17(16)21-19(22)26-11-8-23-6-9-25-10-7-23/h2-5,12H,6-11H2,1H3. The summed E-state index contributed by atoms with van der Waals surface area (Å²) in [7, 11) is 1.76. The molecule has 3 aromatic rings. The molecule has 0 unspecified atom stereocenters. The first-order valence-corrected chi connectivity index (χ1v) is 10.7. The van der Waals surface area contributed by atoms with Gasteiger partial charge in [-0.2, -0.15) is 0 Å². The minimum atomic E-state index is -0.289.